The second kappa shape index (κ2) is 7.49. The fourth-order valence-electron chi connectivity index (χ4n) is 3.36. The minimum Gasteiger partial charge on any atom is -0.482 e. The Morgan fingerprint density at radius 2 is 1.97 bits per heavy atom. The molecule has 154 valence electrons. The predicted molar refractivity (Wildman–Crippen MR) is 115 cm³/mol. The molecular formula is C23H18N4O4. The van der Waals surface area contributed by atoms with Gasteiger partial charge in [0.1, 0.15) is 17.2 Å². The first-order valence-electron chi connectivity index (χ1n) is 9.67. The van der Waals surface area contributed by atoms with Gasteiger partial charge in [-0.1, -0.05) is 18.2 Å². The molecule has 2 N–H and O–H groups in total. The molecule has 0 radical (unpaired) electrons. The van der Waals surface area contributed by atoms with Crippen molar-refractivity contribution in [2.45, 2.75) is 6.92 Å². The van der Waals surface area contributed by atoms with Crippen LogP contribution >= 0.6 is 0 Å². The van der Waals surface area contributed by atoms with Crippen LogP contribution in [0.25, 0.3) is 17.1 Å². The number of carbonyl (C=O) groups excluding carboxylic acids is 2. The molecule has 0 spiro atoms. The number of hydrogen-bond donors (Lipinski definition) is 2. The molecule has 2 amide bonds. The highest BCUT2D eigenvalue weighted by atomic mass is 16.5. The van der Waals surface area contributed by atoms with Gasteiger partial charge in [-0.2, -0.15) is 5.10 Å². The van der Waals surface area contributed by atoms with Crippen molar-refractivity contribution in [3.8, 4) is 22.9 Å². The number of aromatic nitrogens is 2. The number of rotatable bonds is 4. The number of amides is 2. The van der Waals surface area contributed by atoms with Crippen molar-refractivity contribution in [1.29, 1.82) is 0 Å². The van der Waals surface area contributed by atoms with E-state index in [1.54, 1.807) is 35.1 Å². The van der Waals surface area contributed by atoms with Crippen molar-refractivity contribution >= 4 is 23.2 Å². The predicted octanol–water partition coefficient (Wildman–Crippen LogP) is 4.02. The van der Waals surface area contributed by atoms with Gasteiger partial charge >= 0.3 is 0 Å². The minimum absolute atomic E-state index is 0.0245. The van der Waals surface area contributed by atoms with Gasteiger partial charge in [-0.25, -0.2) is 4.68 Å². The maximum atomic E-state index is 13.2. The summed E-state index contributed by atoms with van der Waals surface area (Å²) in [5, 5.41) is 10.2. The third-order valence-corrected chi connectivity index (χ3v) is 4.82. The second-order valence-corrected chi connectivity index (χ2v) is 7.08. The summed E-state index contributed by atoms with van der Waals surface area (Å²) in [6.07, 6.45) is 1.67. The standard InChI is InChI=1S/C23H18N4O4/c1-14-7-9-20(31-14)22-17(12-27(26-22)16-5-3-2-4-6-16)23(29)24-15-8-10-19-18(11-15)25-21(28)13-30-19/h2-12H,13H2,1H3,(H,24,29)(H,25,28). The van der Waals surface area contributed by atoms with Crippen LogP contribution in [0.3, 0.4) is 0 Å². The zero-order valence-electron chi connectivity index (χ0n) is 16.6. The number of hydrogen-bond acceptors (Lipinski definition) is 5. The first kappa shape index (κ1) is 18.7. The van der Waals surface area contributed by atoms with Crippen molar-refractivity contribution in [2.75, 3.05) is 17.2 Å². The Morgan fingerprint density at radius 1 is 1.13 bits per heavy atom. The third kappa shape index (κ3) is 3.66. The highest BCUT2D eigenvalue weighted by molar-refractivity contribution is 6.08. The van der Waals surface area contributed by atoms with E-state index in [9.17, 15) is 9.59 Å². The Hall–Kier alpha value is -4.33. The molecular weight excluding hydrogens is 396 g/mol. The van der Waals surface area contributed by atoms with E-state index in [2.05, 4.69) is 15.7 Å². The van der Waals surface area contributed by atoms with Gasteiger partial charge in [0.2, 0.25) is 0 Å². The van der Waals surface area contributed by atoms with Crippen molar-refractivity contribution in [1.82, 2.24) is 9.78 Å². The molecule has 0 atom stereocenters. The summed E-state index contributed by atoms with van der Waals surface area (Å²) < 4.78 is 12.7. The smallest absolute Gasteiger partial charge is 0.262 e. The van der Waals surface area contributed by atoms with Crippen molar-refractivity contribution in [3.05, 3.63) is 78.2 Å². The number of ether oxygens (including phenoxy) is 1. The summed E-state index contributed by atoms with van der Waals surface area (Å²) in [4.78, 5) is 24.7. The van der Waals surface area contributed by atoms with E-state index in [4.69, 9.17) is 9.15 Å². The number of aryl methyl sites for hydroxylation is 1. The van der Waals surface area contributed by atoms with Crippen LogP contribution in [-0.2, 0) is 4.79 Å². The van der Waals surface area contributed by atoms with Crippen LogP contribution in [0, 0.1) is 6.92 Å². The average molecular weight is 414 g/mol. The molecule has 1 aliphatic heterocycles. The number of nitrogens with zero attached hydrogens (tertiary/aromatic N) is 2. The Bertz CT molecular complexity index is 1290. The molecule has 0 aliphatic carbocycles. The summed E-state index contributed by atoms with van der Waals surface area (Å²) in [5.74, 6) is 1.19. The van der Waals surface area contributed by atoms with Crippen molar-refractivity contribution < 1.29 is 18.7 Å². The maximum absolute atomic E-state index is 13.2. The van der Waals surface area contributed by atoms with Gasteiger partial charge < -0.3 is 19.8 Å². The Morgan fingerprint density at radius 3 is 2.74 bits per heavy atom. The molecule has 3 heterocycles. The summed E-state index contributed by atoms with van der Waals surface area (Å²) in [6, 6.07) is 18.2. The van der Waals surface area contributed by atoms with E-state index >= 15 is 0 Å². The highest BCUT2D eigenvalue weighted by Gasteiger charge is 2.22. The van der Waals surface area contributed by atoms with Gasteiger partial charge in [0.05, 0.1) is 16.9 Å². The molecule has 5 rings (SSSR count). The molecule has 0 saturated heterocycles. The number of carbonyl (C=O) groups is 2. The quantitative estimate of drug-likeness (QED) is 0.526. The molecule has 0 unspecified atom stereocenters. The molecule has 2 aromatic heterocycles. The molecule has 0 fully saturated rings. The zero-order chi connectivity index (χ0) is 21.4. The second-order valence-electron chi connectivity index (χ2n) is 7.08. The van der Waals surface area contributed by atoms with E-state index in [-0.39, 0.29) is 18.4 Å². The maximum Gasteiger partial charge on any atom is 0.262 e. The molecule has 0 saturated carbocycles. The van der Waals surface area contributed by atoms with Crippen LogP contribution in [0.15, 0.2) is 71.3 Å². The van der Waals surface area contributed by atoms with E-state index in [1.807, 2.05) is 43.3 Å². The lowest BCUT2D eigenvalue weighted by atomic mass is 10.2. The van der Waals surface area contributed by atoms with Gasteiger partial charge in [0, 0.05) is 11.9 Å². The van der Waals surface area contributed by atoms with Gasteiger partial charge in [-0.3, -0.25) is 9.59 Å². The molecule has 8 nitrogen and oxygen atoms in total. The third-order valence-electron chi connectivity index (χ3n) is 4.82. The monoisotopic (exact) mass is 414 g/mol. The zero-order valence-corrected chi connectivity index (χ0v) is 16.6. The van der Waals surface area contributed by atoms with Crippen LogP contribution in [0.2, 0.25) is 0 Å². The van der Waals surface area contributed by atoms with Crippen LogP contribution in [-0.4, -0.2) is 28.2 Å². The first-order valence-corrected chi connectivity index (χ1v) is 9.67. The molecule has 31 heavy (non-hydrogen) atoms. The van der Waals surface area contributed by atoms with Crippen molar-refractivity contribution in [3.63, 3.8) is 0 Å². The highest BCUT2D eigenvalue weighted by Crippen LogP contribution is 2.31. The Balaban J connectivity index is 1.50. The fourth-order valence-corrected chi connectivity index (χ4v) is 3.36. The fraction of sp³-hybridized carbons (Fsp3) is 0.0870. The van der Waals surface area contributed by atoms with E-state index < -0.39 is 0 Å². The average Bonchev–Trinajstić information content (AvgIpc) is 3.40. The normalized spacial score (nSPS) is 12.6. The van der Waals surface area contributed by atoms with Crippen LogP contribution < -0.4 is 15.4 Å². The van der Waals surface area contributed by atoms with E-state index in [0.717, 1.165) is 11.4 Å². The Kier molecular flexibility index (Phi) is 4.51. The number of nitrogens with one attached hydrogen (secondary N) is 2. The molecule has 2 aromatic carbocycles. The van der Waals surface area contributed by atoms with Gasteiger partial charge in [-0.05, 0) is 49.4 Å². The summed E-state index contributed by atoms with van der Waals surface area (Å²) in [7, 11) is 0. The summed E-state index contributed by atoms with van der Waals surface area (Å²) in [6.45, 7) is 1.81. The van der Waals surface area contributed by atoms with E-state index in [1.165, 1.54) is 0 Å². The van der Waals surface area contributed by atoms with Gasteiger partial charge in [0.15, 0.2) is 12.4 Å². The topological polar surface area (TPSA) is 98.4 Å². The SMILES string of the molecule is Cc1ccc(-c2nn(-c3ccccc3)cc2C(=O)Nc2ccc3c(c2)NC(=O)CO3)o1. The number of furan rings is 1. The Labute approximate surface area is 177 Å². The summed E-state index contributed by atoms with van der Waals surface area (Å²) in [5.41, 5.74) is 2.64. The molecule has 1 aliphatic rings. The number of para-hydroxylation sites is 1. The molecule has 4 aromatic rings. The minimum atomic E-state index is -0.353. The number of benzene rings is 2. The van der Waals surface area contributed by atoms with Crippen molar-refractivity contribution in [2.24, 2.45) is 0 Å². The van der Waals surface area contributed by atoms with Crippen LogP contribution in [0.1, 0.15) is 16.1 Å². The lowest BCUT2D eigenvalue weighted by molar-refractivity contribution is -0.118. The van der Waals surface area contributed by atoms with Gasteiger partial charge in [0.25, 0.3) is 11.8 Å². The largest absolute Gasteiger partial charge is 0.482 e. The lowest BCUT2D eigenvalue weighted by Gasteiger charge is -2.18. The first-order chi connectivity index (χ1) is 15.1. The molecule has 0 bridgehead atoms. The van der Waals surface area contributed by atoms with Crippen LogP contribution in [0.4, 0.5) is 11.4 Å². The lowest BCUT2D eigenvalue weighted by Crippen LogP contribution is -2.25. The van der Waals surface area contributed by atoms with Crippen LogP contribution in [0.5, 0.6) is 5.75 Å². The number of anilines is 2. The van der Waals surface area contributed by atoms with Gasteiger partial charge in [-0.15, -0.1) is 0 Å². The van der Waals surface area contributed by atoms with E-state index in [0.29, 0.717) is 34.1 Å². The number of fused-ring (bicyclic) bond motifs is 1. The summed E-state index contributed by atoms with van der Waals surface area (Å²) >= 11 is 0. The molecule has 8 heteroatoms.